The largest absolute Gasteiger partial charge is 0.321 e. The lowest BCUT2D eigenvalue weighted by molar-refractivity contribution is 0.103. The highest BCUT2D eigenvalue weighted by Gasteiger charge is 2.11. The molecule has 122 valence electrons. The third-order valence-corrected chi connectivity index (χ3v) is 5.82. The monoisotopic (exact) mass is 419 g/mol. The van der Waals surface area contributed by atoms with Crippen molar-refractivity contribution in [2.24, 2.45) is 0 Å². The molecule has 3 rings (SSSR count). The highest BCUT2D eigenvalue weighted by molar-refractivity contribution is 9.10. The van der Waals surface area contributed by atoms with Crippen LogP contribution < -0.4 is 5.32 Å². The predicted molar refractivity (Wildman–Crippen MR) is 102 cm³/mol. The molecular weight excluding hydrogens is 406 g/mol. The molecular formula is C17H14BrN3OS2. The zero-order valence-corrected chi connectivity index (χ0v) is 16.3. The zero-order chi connectivity index (χ0) is 17.1. The summed E-state index contributed by atoms with van der Waals surface area (Å²) in [6.45, 7) is 3.92. The van der Waals surface area contributed by atoms with Gasteiger partial charge in [-0.25, -0.2) is 9.97 Å². The van der Waals surface area contributed by atoms with E-state index >= 15 is 0 Å². The Labute approximate surface area is 156 Å². The van der Waals surface area contributed by atoms with Crippen LogP contribution in [-0.4, -0.2) is 15.9 Å². The Morgan fingerprint density at radius 1 is 1.12 bits per heavy atom. The van der Waals surface area contributed by atoms with Crippen molar-refractivity contribution in [1.82, 2.24) is 9.97 Å². The molecule has 0 aliphatic carbocycles. The standard InChI is InChI=1S/C17H14BrN3OS2/c1-10-9-11(2)20-17(19-10)24-13-5-3-12(4-6-13)21-16(22)15-14(18)7-8-23-15/h3-9H,1-2H3,(H,21,22). The Morgan fingerprint density at radius 3 is 2.38 bits per heavy atom. The first-order valence-electron chi connectivity index (χ1n) is 7.16. The van der Waals surface area contributed by atoms with E-state index in [4.69, 9.17) is 0 Å². The van der Waals surface area contributed by atoms with E-state index in [1.165, 1.54) is 23.1 Å². The van der Waals surface area contributed by atoms with Crippen molar-refractivity contribution in [1.29, 1.82) is 0 Å². The molecule has 0 saturated carbocycles. The van der Waals surface area contributed by atoms with Gasteiger partial charge in [-0.2, -0.15) is 0 Å². The van der Waals surface area contributed by atoms with E-state index in [-0.39, 0.29) is 5.91 Å². The number of nitrogens with one attached hydrogen (secondary N) is 1. The van der Waals surface area contributed by atoms with Gasteiger partial charge < -0.3 is 5.32 Å². The molecule has 24 heavy (non-hydrogen) atoms. The van der Waals surface area contributed by atoms with Gasteiger partial charge >= 0.3 is 0 Å². The van der Waals surface area contributed by atoms with E-state index in [2.05, 4.69) is 31.2 Å². The lowest BCUT2D eigenvalue weighted by Gasteiger charge is -2.06. The first-order valence-corrected chi connectivity index (χ1v) is 9.65. The van der Waals surface area contributed by atoms with Crippen molar-refractivity contribution in [3.63, 3.8) is 0 Å². The Hall–Kier alpha value is -1.70. The van der Waals surface area contributed by atoms with E-state index < -0.39 is 0 Å². The predicted octanol–water partition coefficient (Wildman–Crippen LogP) is 5.32. The van der Waals surface area contributed by atoms with Crippen molar-refractivity contribution in [3.05, 3.63) is 62.5 Å². The molecule has 2 aromatic heterocycles. The van der Waals surface area contributed by atoms with Gasteiger partial charge in [-0.3, -0.25) is 4.79 Å². The Morgan fingerprint density at radius 2 is 1.79 bits per heavy atom. The second-order valence-electron chi connectivity index (χ2n) is 5.11. The number of aryl methyl sites for hydroxylation is 2. The second kappa shape index (κ2) is 7.46. The molecule has 0 saturated heterocycles. The molecule has 1 N–H and O–H groups in total. The van der Waals surface area contributed by atoms with Crippen LogP contribution >= 0.6 is 39.0 Å². The summed E-state index contributed by atoms with van der Waals surface area (Å²) >= 11 is 6.28. The van der Waals surface area contributed by atoms with Gasteiger partial charge in [0.05, 0.1) is 0 Å². The van der Waals surface area contributed by atoms with Gasteiger partial charge in [0.15, 0.2) is 5.16 Å². The van der Waals surface area contributed by atoms with Crippen molar-refractivity contribution in [2.75, 3.05) is 5.32 Å². The van der Waals surface area contributed by atoms with Crippen LogP contribution in [0.25, 0.3) is 0 Å². The average molecular weight is 420 g/mol. The molecule has 1 aromatic carbocycles. The molecule has 0 bridgehead atoms. The number of carbonyl (C=O) groups excluding carboxylic acids is 1. The third kappa shape index (κ3) is 4.23. The maximum atomic E-state index is 12.2. The smallest absolute Gasteiger partial charge is 0.266 e. The minimum absolute atomic E-state index is 0.116. The number of aromatic nitrogens is 2. The SMILES string of the molecule is Cc1cc(C)nc(Sc2ccc(NC(=O)c3sccc3Br)cc2)n1. The Balaban J connectivity index is 1.69. The second-order valence-corrected chi connectivity index (χ2v) is 7.92. The van der Waals surface area contributed by atoms with Crippen LogP contribution in [0.1, 0.15) is 21.1 Å². The number of thiophene rings is 1. The van der Waals surface area contributed by atoms with Crippen molar-refractivity contribution < 1.29 is 4.79 Å². The number of rotatable bonds is 4. The molecule has 0 spiro atoms. The normalized spacial score (nSPS) is 10.6. The minimum atomic E-state index is -0.116. The van der Waals surface area contributed by atoms with Gasteiger partial charge in [0.2, 0.25) is 0 Å². The highest BCUT2D eigenvalue weighted by atomic mass is 79.9. The van der Waals surface area contributed by atoms with Crippen molar-refractivity contribution in [3.8, 4) is 0 Å². The molecule has 0 atom stereocenters. The summed E-state index contributed by atoms with van der Waals surface area (Å²) in [7, 11) is 0. The number of halogens is 1. The minimum Gasteiger partial charge on any atom is -0.321 e. The van der Waals surface area contributed by atoms with Gasteiger partial charge in [0.25, 0.3) is 5.91 Å². The van der Waals surface area contributed by atoms with Gasteiger partial charge in [-0.15, -0.1) is 11.3 Å². The lowest BCUT2D eigenvalue weighted by atomic mass is 10.3. The van der Waals surface area contributed by atoms with Crippen LogP contribution in [0.5, 0.6) is 0 Å². The van der Waals surface area contributed by atoms with Gasteiger partial charge in [0.1, 0.15) is 4.88 Å². The van der Waals surface area contributed by atoms with Crippen molar-refractivity contribution in [2.45, 2.75) is 23.9 Å². The lowest BCUT2D eigenvalue weighted by Crippen LogP contribution is -2.10. The van der Waals surface area contributed by atoms with Crippen LogP contribution in [0.4, 0.5) is 5.69 Å². The summed E-state index contributed by atoms with van der Waals surface area (Å²) in [5.41, 5.74) is 2.66. The van der Waals surface area contributed by atoms with Gasteiger partial charge in [0, 0.05) is 26.4 Å². The van der Waals surface area contributed by atoms with E-state index in [1.54, 1.807) is 0 Å². The first-order chi connectivity index (χ1) is 11.5. The highest BCUT2D eigenvalue weighted by Crippen LogP contribution is 2.27. The van der Waals surface area contributed by atoms with E-state index in [0.29, 0.717) is 4.88 Å². The quantitative estimate of drug-likeness (QED) is 0.581. The van der Waals surface area contributed by atoms with Crippen LogP contribution in [0, 0.1) is 13.8 Å². The molecule has 0 aliphatic rings. The number of anilines is 1. The average Bonchev–Trinajstić information content (AvgIpc) is 2.94. The summed E-state index contributed by atoms with van der Waals surface area (Å²) in [5, 5.41) is 5.50. The third-order valence-electron chi connectivity index (χ3n) is 3.11. The fourth-order valence-electron chi connectivity index (χ4n) is 2.09. The number of benzene rings is 1. The molecule has 3 aromatic rings. The Bertz CT molecular complexity index is 858. The number of amides is 1. The molecule has 0 unspecified atom stereocenters. The van der Waals surface area contributed by atoms with Crippen LogP contribution in [0.15, 0.2) is 56.3 Å². The summed E-state index contributed by atoms with van der Waals surface area (Å²) in [6, 6.07) is 11.5. The van der Waals surface area contributed by atoms with Crippen LogP contribution in [0.3, 0.4) is 0 Å². The van der Waals surface area contributed by atoms with Crippen molar-refractivity contribution >= 4 is 50.6 Å². The number of hydrogen-bond donors (Lipinski definition) is 1. The zero-order valence-electron chi connectivity index (χ0n) is 13.0. The topological polar surface area (TPSA) is 54.9 Å². The Kier molecular flexibility index (Phi) is 5.33. The fourth-order valence-corrected chi connectivity index (χ4v) is 4.40. The molecule has 0 fully saturated rings. The molecule has 0 radical (unpaired) electrons. The molecule has 4 nitrogen and oxygen atoms in total. The maximum absolute atomic E-state index is 12.2. The van der Waals surface area contributed by atoms with Crippen LogP contribution in [0.2, 0.25) is 0 Å². The van der Waals surface area contributed by atoms with Gasteiger partial charge in [-0.1, -0.05) is 0 Å². The molecule has 0 aliphatic heterocycles. The summed E-state index contributed by atoms with van der Waals surface area (Å²) in [6.07, 6.45) is 0. The first kappa shape index (κ1) is 17.1. The fraction of sp³-hybridized carbons (Fsp3) is 0.118. The number of hydrogen-bond acceptors (Lipinski definition) is 5. The number of nitrogens with zero attached hydrogens (tertiary/aromatic N) is 2. The summed E-state index contributed by atoms with van der Waals surface area (Å²) in [5.74, 6) is -0.116. The van der Waals surface area contributed by atoms with Crippen LogP contribution in [-0.2, 0) is 0 Å². The molecule has 1 amide bonds. The maximum Gasteiger partial charge on any atom is 0.266 e. The molecule has 7 heteroatoms. The van der Waals surface area contributed by atoms with E-state index in [9.17, 15) is 4.79 Å². The van der Waals surface area contributed by atoms with Gasteiger partial charge in [-0.05, 0) is 83.3 Å². The molecule has 2 heterocycles. The number of carbonyl (C=O) groups is 1. The van der Waals surface area contributed by atoms with E-state index in [0.717, 1.165) is 31.6 Å². The summed E-state index contributed by atoms with van der Waals surface area (Å²) < 4.78 is 0.809. The summed E-state index contributed by atoms with van der Waals surface area (Å²) in [4.78, 5) is 22.7. The van der Waals surface area contributed by atoms with E-state index in [1.807, 2.05) is 55.6 Å².